The zero-order chi connectivity index (χ0) is 12.4. The van der Waals surface area contributed by atoms with Gasteiger partial charge in [-0.25, -0.2) is 0 Å². The molecule has 1 atom stereocenters. The largest absolute Gasteiger partial charge is 0.298 e. The molecule has 1 unspecified atom stereocenters. The van der Waals surface area contributed by atoms with Crippen LogP contribution in [-0.4, -0.2) is 12.0 Å². The predicted molar refractivity (Wildman–Crippen MR) is 76.3 cm³/mol. The van der Waals surface area contributed by atoms with E-state index in [-0.39, 0.29) is 0 Å². The zero-order valence-electron chi connectivity index (χ0n) is 10.0. The number of hydrogen-bond acceptors (Lipinski definition) is 2. The molecule has 0 N–H and O–H groups in total. The van der Waals surface area contributed by atoms with Gasteiger partial charge in [-0.05, 0) is 34.9 Å². The lowest BCUT2D eigenvalue weighted by Gasteiger charge is -2.25. The quantitative estimate of drug-likeness (QED) is 0.757. The van der Waals surface area contributed by atoms with Crippen LogP contribution in [0.15, 0.2) is 48.5 Å². The zero-order valence-corrected chi connectivity index (χ0v) is 10.8. The molecule has 1 heterocycles. The van der Waals surface area contributed by atoms with Crippen molar-refractivity contribution in [2.45, 2.75) is 11.7 Å². The fraction of sp³-hybridized carbons (Fsp3) is 0.188. The minimum atomic E-state index is 0.370. The number of benzene rings is 2. The summed E-state index contributed by atoms with van der Waals surface area (Å²) in [5, 5.41) is 0.370. The molecule has 2 aromatic carbocycles. The first-order chi connectivity index (χ1) is 8.88. The van der Waals surface area contributed by atoms with E-state index in [1.54, 1.807) is 0 Å². The minimum Gasteiger partial charge on any atom is -0.298 e. The van der Waals surface area contributed by atoms with Crippen molar-refractivity contribution < 1.29 is 4.79 Å². The number of carbonyl (C=O) groups is 1. The van der Waals surface area contributed by atoms with Crippen molar-refractivity contribution in [3.05, 3.63) is 70.8 Å². The van der Waals surface area contributed by atoms with Crippen molar-refractivity contribution in [1.82, 2.24) is 0 Å². The molecule has 1 nitrogen and oxygen atoms in total. The van der Waals surface area contributed by atoms with Crippen LogP contribution in [-0.2, 0) is 6.42 Å². The van der Waals surface area contributed by atoms with E-state index in [1.165, 1.54) is 16.7 Å². The Bertz CT molecular complexity index is 577. The van der Waals surface area contributed by atoms with Crippen LogP contribution in [0.4, 0.5) is 0 Å². The number of aldehydes is 1. The molecule has 18 heavy (non-hydrogen) atoms. The molecule has 3 rings (SSSR count). The lowest BCUT2D eigenvalue weighted by Crippen LogP contribution is -2.09. The summed E-state index contributed by atoms with van der Waals surface area (Å²) in [5.74, 6) is 1.15. The maximum atomic E-state index is 10.9. The van der Waals surface area contributed by atoms with Crippen molar-refractivity contribution in [3.63, 3.8) is 0 Å². The van der Waals surface area contributed by atoms with E-state index in [9.17, 15) is 4.79 Å². The number of thioether (sulfide) groups is 1. The van der Waals surface area contributed by atoms with Crippen LogP contribution in [0, 0.1) is 0 Å². The molecule has 2 heteroatoms. The molecule has 0 aliphatic carbocycles. The van der Waals surface area contributed by atoms with Crippen LogP contribution in [0.2, 0.25) is 0 Å². The van der Waals surface area contributed by atoms with Gasteiger partial charge in [0.1, 0.15) is 6.29 Å². The number of carbonyl (C=O) groups excluding carboxylic acids is 1. The van der Waals surface area contributed by atoms with Gasteiger partial charge in [-0.2, -0.15) is 0 Å². The molecule has 0 fully saturated rings. The summed E-state index contributed by atoms with van der Waals surface area (Å²) in [7, 11) is 0. The molecular formula is C16H14OS. The SMILES string of the molecule is O=Cc1cccc(C2SCCc3ccccc32)c1. The second-order valence-electron chi connectivity index (χ2n) is 4.49. The summed E-state index contributed by atoms with van der Waals surface area (Å²) >= 11 is 1.96. The van der Waals surface area contributed by atoms with Crippen molar-refractivity contribution in [2.75, 3.05) is 5.75 Å². The van der Waals surface area contributed by atoms with Crippen molar-refractivity contribution in [2.24, 2.45) is 0 Å². The first kappa shape index (κ1) is 11.5. The summed E-state index contributed by atoms with van der Waals surface area (Å²) in [4.78, 5) is 10.9. The van der Waals surface area contributed by atoms with Gasteiger partial charge in [0.15, 0.2) is 0 Å². The molecule has 1 aliphatic heterocycles. The highest BCUT2D eigenvalue weighted by molar-refractivity contribution is 7.99. The van der Waals surface area contributed by atoms with Crippen LogP contribution in [0.3, 0.4) is 0 Å². The summed E-state index contributed by atoms with van der Waals surface area (Å²) in [6.45, 7) is 0. The molecular weight excluding hydrogens is 240 g/mol. The van der Waals surface area contributed by atoms with Crippen LogP contribution in [0.5, 0.6) is 0 Å². The Morgan fingerprint density at radius 1 is 1.11 bits per heavy atom. The van der Waals surface area contributed by atoms with Gasteiger partial charge in [0, 0.05) is 5.56 Å². The molecule has 2 aromatic rings. The minimum absolute atomic E-state index is 0.370. The third-order valence-corrected chi connectivity index (χ3v) is 4.64. The van der Waals surface area contributed by atoms with E-state index in [2.05, 4.69) is 30.3 Å². The number of rotatable bonds is 2. The second-order valence-corrected chi connectivity index (χ2v) is 5.70. The molecule has 1 aliphatic rings. The molecule has 0 amide bonds. The Morgan fingerprint density at radius 2 is 2.00 bits per heavy atom. The van der Waals surface area contributed by atoms with E-state index < -0.39 is 0 Å². The highest BCUT2D eigenvalue weighted by Gasteiger charge is 2.21. The van der Waals surface area contributed by atoms with Gasteiger partial charge < -0.3 is 0 Å². The summed E-state index contributed by atoms with van der Waals surface area (Å²) in [6.07, 6.45) is 2.06. The maximum absolute atomic E-state index is 10.9. The fourth-order valence-electron chi connectivity index (χ4n) is 2.47. The van der Waals surface area contributed by atoms with Gasteiger partial charge in [-0.1, -0.05) is 42.5 Å². The number of aryl methyl sites for hydroxylation is 1. The first-order valence-corrected chi connectivity index (χ1v) is 7.18. The summed E-state index contributed by atoms with van der Waals surface area (Å²) < 4.78 is 0. The van der Waals surface area contributed by atoms with Crippen LogP contribution >= 0.6 is 11.8 Å². The number of hydrogen-bond donors (Lipinski definition) is 0. The first-order valence-electron chi connectivity index (χ1n) is 6.13. The van der Waals surface area contributed by atoms with Gasteiger partial charge in [0.25, 0.3) is 0 Å². The van der Waals surface area contributed by atoms with E-state index in [0.717, 1.165) is 24.0 Å². The van der Waals surface area contributed by atoms with Gasteiger partial charge >= 0.3 is 0 Å². The van der Waals surface area contributed by atoms with Crippen molar-refractivity contribution in [3.8, 4) is 0 Å². The summed E-state index contributed by atoms with van der Waals surface area (Å²) in [5.41, 5.74) is 4.84. The molecule has 0 bridgehead atoms. The molecule has 0 spiro atoms. The van der Waals surface area contributed by atoms with Crippen LogP contribution < -0.4 is 0 Å². The van der Waals surface area contributed by atoms with Crippen molar-refractivity contribution >= 4 is 18.0 Å². The Balaban J connectivity index is 2.05. The van der Waals surface area contributed by atoms with E-state index in [4.69, 9.17) is 0 Å². The highest BCUT2D eigenvalue weighted by atomic mass is 32.2. The van der Waals surface area contributed by atoms with Gasteiger partial charge in [0.2, 0.25) is 0 Å². The Morgan fingerprint density at radius 3 is 2.89 bits per heavy atom. The van der Waals surface area contributed by atoms with Crippen LogP contribution in [0.1, 0.15) is 32.3 Å². The molecule has 0 radical (unpaired) electrons. The lowest BCUT2D eigenvalue weighted by atomic mass is 9.96. The maximum Gasteiger partial charge on any atom is 0.150 e. The van der Waals surface area contributed by atoms with E-state index in [1.807, 2.05) is 30.0 Å². The highest BCUT2D eigenvalue weighted by Crippen LogP contribution is 2.41. The van der Waals surface area contributed by atoms with Gasteiger partial charge in [-0.3, -0.25) is 4.79 Å². The van der Waals surface area contributed by atoms with Gasteiger partial charge in [0.05, 0.1) is 5.25 Å². The molecule has 90 valence electrons. The second kappa shape index (κ2) is 4.99. The smallest absolute Gasteiger partial charge is 0.150 e. The predicted octanol–water partition coefficient (Wildman–Crippen LogP) is 3.88. The third-order valence-electron chi connectivity index (χ3n) is 3.34. The third kappa shape index (κ3) is 2.08. The number of fused-ring (bicyclic) bond motifs is 1. The Kier molecular flexibility index (Phi) is 3.20. The molecule has 0 aromatic heterocycles. The average molecular weight is 254 g/mol. The topological polar surface area (TPSA) is 17.1 Å². The Hall–Kier alpha value is -1.54. The molecule has 0 saturated heterocycles. The monoisotopic (exact) mass is 254 g/mol. The van der Waals surface area contributed by atoms with E-state index >= 15 is 0 Å². The Labute approximate surface area is 111 Å². The molecule has 0 saturated carbocycles. The van der Waals surface area contributed by atoms with Crippen molar-refractivity contribution in [1.29, 1.82) is 0 Å². The van der Waals surface area contributed by atoms with Gasteiger partial charge in [-0.15, -0.1) is 11.8 Å². The normalized spacial score (nSPS) is 18.1. The van der Waals surface area contributed by atoms with E-state index in [0.29, 0.717) is 5.25 Å². The standard InChI is InChI=1S/C16H14OS/c17-11-12-4-3-6-14(10-12)16-15-7-2-1-5-13(15)8-9-18-16/h1-7,10-11,16H,8-9H2. The summed E-state index contributed by atoms with van der Waals surface area (Å²) in [6, 6.07) is 16.6. The average Bonchev–Trinajstić information content (AvgIpc) is 2.47. The van der Waals surface area contributed by atoms with Crippen LogP contribution in [0.25, 0.3) is 0 Å². The lowest BCUT2D eigenvalue weighted by molar-refractivity contribution is 0.112. The fourth-order valence-corrected chi connectivity index (χ4v) is 3.79.